The van der Waals surface area contributed by atoms with Gasteiger partial charge in [-0.25, -0.2) is 4.39 Å². The third kappa shape index (κ3) is 4.79. The largest absolute Gasteiger partial charge is 0.394 e. The highest BCUT2D eigenvalue weighted by molar-refractivity contribution is 5.99. The molecule has 104 valence electrons. The highest BCUT2D eigenvalue weighted by Crippen LogP contribution is 2.13. The van der Waals surface area contributed by atoms with Crippen molar-refractivity contribution in [2.45, 2.75) is 26.3 Å². The first kappa shape index (κ1) is 15.3. The molecule has 0 aliphatic heterocycles. The molecule has 0 spiro atoms. The Kier molecular flexibility index (Phi) is 5.63. The molecule has 1 aromatic carbocycles. The first-order chi connectivity index (χ1) is 8.93. The number of nitrogens with one attached hydrogen (secondary N) is 1. The van der Waals surface area contributed by atoms with Crippen LogP contribution < -0.4 is 5.32 Å². The topological polar surface area (TPSA) is 66.4 Å². The standard InChI is InChI=1S/C14H18FNO3/c1-9(6-13(18)16-10(2)8-17)14(19)11-4-3-5-12(15)7-11/h3-5,7,9-10,17H,6,8H2,1-2H3,(H,16,18). The lowest BCUT2D eigenvalue weighted by atomic mass is 9.96. The molecule has 1 aromatic rings. The van der Waals surface area contributed by atoms with Crippen LogP contribution in [0.15, 0.2) is 24.3 Å². The molecule has 2 unspecified atom stereocenters. The van der Waals surface area contributed by atoms with Gasteiger partial charge in [0.1, 0.15) is 5.82 Å². The van der Waals surface area contributed by atoms with Gasteiger partial charge in [-0.2, -0.15) is 0 Å². The summed E-state index contributed by atoms with van der Waals surface area (Å²) in [7, 11) is 0. The number of halogens is 1. The second kappa shape index (κ2) is 6.99. The number of amides is 1. The van der Waals surface area contributed by atoms with E-state index in [2.05, 4.69) is 5.32 Å². The molecular formula is C14H18FNO3. The molecule has 5 heteroatoms. The number of aliphatic hydroxyl groups is 1. The first-order valence-electron chi connectivity index (χ1n) is 6.14. The summed E-state index contributed by atoms with van der Waals surface area (Å²) >= 11 is 0. The van der Waals surface area contributed by atoms with Gasteiger partial charge in [0.05, 0.1) is 6.61 Å². The van der Waals surface area contributed by atoms with Gasteiger partial charge in [0, 0.05) is 23.9 Å². The van der Waals surface area contributed by atoms with Gasteiger partial charge in [-0.05, 0) is 19.1 Å². The molecule has 0 aliphatic carbocycles. The summed E-state index contributed by atoms with van der Waals surface area (Å²) in [6, 6.07) is 5.06. The molecule has 0 aliphatic rings. The summed E-state index contributed by atoms with van der Waals surface area (Å²) in [5.74, 6) is -1.59. The molecule has 1 rings (SSSR count). The summed E-state index contributed by atoms with van der Waals surface area (Å²) in [4.78, 5) is 23.6. The number of hydrogen-bond acceptors (Lipinski definition) is 3. The Balaban J connectivity index is 2.60. The Bertz CT molecular complexity index is 462. The zero-order valence-corrected chi connectivity index (χ0v) is 11.0. The number of ketones is 1. The van der Waals surface area contributed by atoms with E-state index in [1.807, 2.05) is 0 Å². The van der Waals surface area contributed by atoms with E-state index in [0.29, 0.717) is 0 Å². The van der Waals surface area contributed by atoms with Crippen molar-refractivity contribution in [2.75, 3.05) is 6.61 Å². The minimum absolute atomic E-state index is 0.0136. The average molecular weight is 267 g/mol. The van der Waals surface area contributed by atoms with Crippen molar-refractivity contribution in [1.82, 2.24) is 5.32 Å². The van der Waals surface area contributed by atoms with Crippen molar-refractivity contribution in [3.63, 3.8) is 0 Å². The minimum atomic E-state index is -0.535. The number of hydrogen-bond donors (Lipinski definition) is 2. The second-order valence-electron chi connectivity index (χ2n) is 4.63. The van der Waals surface area contributed by atoms with E-state index in [1.54, 1.807) is 13.8 Å². The van der Waals surface area contributed by atoms with Crippen molar-refractivity contribution in [1.29, 1.82) is 0 Å². The van der Waals surface area contributed by atoms with Crippen LogP contribution in [0.4, 0.5) is 4.39 Å². The lowest BCUT2D eigenvalue weighted by molar-refractivity contribution is -0.122. The number of aliphatic hydroxyl groups excluding tert-OH is 1. The Morgan fingerprint density at radius 3 is 2.63 bits per heavy atom. The molecule has 0 fully saturated rings. The summed E-state index contributed by atoms with van der Waals surface area (Å²) in [5.41, 5.74) is 0.260. The number of carbonyl (C=O) groups excluding carboxylic acids is 2. The van der Waals surface area contributed by atoms with E-state index < -0.39 is 11.7 Å². The van der Waals surface area contributed by atoms with Crippen LogP contribution in [-0.4, -0.2) is 29.4 Å². The van der Waals surface area contributed by atoms with Crippen LogP contribution in [0.3, 0.4) is 0 Å². The number of Topliss-reactive ketones (excluding diaryl/α,β-unsaturated/α-hetero) is 1. The number of carbonyl (C=O) groups is 2. The first-order valence-corrected chi connectivity index (χ1v) is 6.14. The summed E-state index contributed by atoms with van der Waals surface area (Å²) < 4.78 is 13.0. The maximum atomic E-state index is 13.0. The third-order valence-corrected chi connectivity index (χ3v) is 2.73. The zero-order valence-electron chi connectivity index (χ0n) is 11.0. The molecule has 2 N–H and O–H groups in total. The van der Waals surface area contributed by atoms with E-state index in [1.165, 1.54) is 18.2 Å². The molecule has 4 nitrogen and oxygen atoms in total. The smallest absolute Gasteiger partial charge is 0.221 e. The van der Waals surface area contributed by atoms with Crippen LogP contribution >= 0.6 is 0 Å². The zero-order chi connectivity index (χ0) is 14.4. The fourth-order valence-corrected chi connectivity index (χ4v) is 1.68. The quantitative estimate of drug-likeness (QED) is 0.768. The fourth-order valence-electron chi connectivity index (χ4n) is 1.68. The van der Waals surface area contributed by atoms with E-state index >= 15 is 0 Å². The van der Waals surface area contributed by atoms with Gasteiger partial charge in [0.2, 0.25) is 5.91 Å². The van der Waals surface area contributed by atoms with Gasteiger partial charge in [0.15, 0.2) is 5.78 Å². The normalized spacial score (nSPS) is 13.7. The third-order valence-electron chi connectivity index (χ3n) is 2.73. The maximum absolute atomic E-state index is 13.0. The molecule has 2 atom stereocenters. The van der Waals surface area contributed by atoms with Crippen LogP contribution in [0.5, 0.6) is 0 Å². The van der Waals surface area contributed by atoms with E-state index in [4.69, 9.17) is 5.11 Å². The van der Waals surface area contributed by atoms with Crippen LogP contribution in [-0.2, 0) is 4.79 Å². The molecule has 0 saturated carbocycles. The van der Waals surface area contributed by atoms with Crippen molar-refractivity contribution in [2.24, 2.45) is 5.92 Å². The second-order valence-corrected chi connectivity index (χ2v) is 4.63. The maximum Gasteiger partial charge on any atom is 0.221 e. The molecule has 1 amide bonds. The molecule has 0 radical (unpaired) electrons. The van der Waals surface area contributed by atoms with Crippen molar-refractivity contribution >= 4 is 11.7 Å². The Morgan fingerprint density at radius 1 is 1.37 bits per heavy atom. The van der Waals surface area contributed by atoms with E-state index in [0.717, 1.165) is 6.07 Å². The predicted molar refractivity (Wildman–Crippen MR) is 69.2 cm³/mol. The van der Waals surface area contributed by atoms with Gasteiger partial charge >= 0.3 is 0 Å². The van der Waals surface area contributed by atoms with Crippen LogP contribution in [0.2, 0.25) is 0 Å². The molecular weight excluding hydrogens is 249 g/mol. The Labute approximate surface area is 111 Å². The van der Waals surface area contributed by atoms with E-state index in [9.17, 15) is 14.0 Å². The molecule has 0 heterocycles. The van der Waals surface area contributed by atoms with Gasteiger partial charge in [-0.3, -0.25) is 9.59 Å². The predicted octanol–water partition coefficient (Wildman–Crippen LogP) is 1.53. The molecule has 0 bridgehead atoms. The average Bonchev–Trinajstić information content (AvgIpc) is 2.37. The summed E-state index contributed by atoms with van der Waals surface area (Å²) in [5, 5.41) is 11.4. The van der Waals surface area contributed by atoms with Gasteiger partial charge in [-0.15, -0.1) is 0 Å². The molecule has 0 aromatic heterocycles. The Hall–Kier alpha value is -1.75. The number of rotatable bonds is 6. The molecule has 0 saturated heterocycles. The van der Waals surface area contributed by atoms with Crippen molar-refractivity contribution in [3.8, 4) is 0 Å². The fraction of sp³-hybridized carbons (Fsp3) is 0.429. The van der Waals surface area contributed by atoms with Crippen molar-refractivity contribution < 1.29 is 19.1 Å². The van der Waals surface area contributed by atoms with Crippen LogP contribution in [0.1, 0.15) is 30.6 Å². The Morgan fingerprint density at radius 2 is 2.05 bits per heavy atom. The summed E-state index contributed by atoms with van der Waals surface area (Å²) in [6.07, 6.45) is 0.0136. The number of benzene rings is 1. The van der Waals surface area contributed by atoms with Gasteiger partial charge in [0.25, 0.3) is 0 Å². The SMILES string of the molecule is CC(CO)NC(=O)CC(C)C(=O)c1cccc(F)c1. The van der Waals surface area contributed by atoms with Crippen molar-refractivity contribution in [3.05, 3.63) is 35.6 Å². The van der Waals surface area contributed by atoms with Gasteiger partial charge < -0.3 is 10.4 Å². The summed E-state index contributed by atoms with van der Waals surface area (Å²) in [6.45, 7) is 3.13. The van der Waals surface area contributed by atoms with Gasteiger partial charge in [-0.1, -0.05) is 19.1 Å². The molecule has 19 heavy (non-hydrogen) atoms. The highest BCUT2D eigenvalue weighted by Gasteiger charge is 2.19. The van der Waals surface area contributed by atoms with Crippen LogP contribution in [0, 0.1) is 11.7 Å². The lowest BCUT2D eigenvalue weighted by Gasteiger charge is -2.14. The van der Waals surface area contributed by atoms with E-state index in [-0.39, 0.29) is 36.3 Å². The lowest BCUT2D eigenvalue weighted by Crippen LogP contribution is -2.36. The minimum Gasteiger partial charge on any atom is -0.394 e. The monoisotopic (exact) mass is 267 g/mol. The van der Waals surface area contributed by atoms with Crippen LogP contribution in [0.25, 0.3) is 0 Å². The highest BCUT2D eigenvalue weighted by atomic mass is 19.1.